The fourth-order valence-corrected chi connectivity index (χ4v) is 4.99. The Hall–Kier alpha value is -2.55. The van der Waals surface area contributed by atoms with Crippen LogP contribution in [-0.2, 0) is 6.42 Å². The number of aryl methyl sites for hydroxylation is 1. The van der Waals surface area contributed by atoms with Crippen LogP contribution in [0.2, 0.25) is 0 Å². The fourth-order valence-electron chi connectivity index (χ4n) is 4.99. The zero-order chi connectivity index (χ0) is 22.0. The molecule has 0 bridgehead atoms. The minimum absolute atomic E-state index is 0.265. The molecule has 1 aliphatic rings. The molecule has 0 aromatic heterocycles. The molecule has 31 heavy (non-hydrogen) atoms. The lowest BCUT2D eigenvalue weighted by molar-refractivity contribution is 0.312. The molecule has 0 radical (unpaired) electrons. The minimum Gasteiger partial charge on any atom is -0.206 e. The Bertz CT molecular complexity index is 1070. The van der Waals surface area contributed by atoms with E-state index in [0.717, 1.165) is 12.3 Å². The summed E-state index contributed by atoms with van der Waals surface area (Å²) < 4.78 is 44.1. The molecule has 3 aromatic rings. The van der Waals surface area contributed by atoms with Crippen LogP contribution in [-0.4, -0.2) is 0 Å². The van der Waals surface area contributed by atoms with E-state index in [4.69, 9.17) is 0 Å². The number of rotatable bonds is 6. The topological polar surface area (TPSA) is 0 Å². The Labute approximate surface area is 182 Å². The highest BCUT2D eigenvalue weighted by Gasteiger charge is 2.22. The van der Waals surface area contributed by atoms with E-state index in [-0.39, 0.29) is 10.9 Å². The van der Waals surface area contributed by atoms with E-state index in [2.05, 4.69) is 18.7 Å². The summed E-state index contributed by atoms with van der Waals surface area (Å²) in [4.78, 5) is 0. The molecule has 4 rings (SSSR count). The maximum Gasteiger partial charge on any atom is 0.169 e. The molecular formula is C28H29F3. The second-order valence-corrected chi connectivity index (χ2v) is 8.75. The Morgan fingerprint density at radius 3 is 2.26 bits per heavy atom. The number of benzene rings is 3. The van der Waals surface area contributed by atoms with E-state index in [0.29, 0.717) is 28.9 Å². The number of halogens is 3. The SMILES string of the molecule is C=CCCC1CCC(c2ccc(-c3ccc4cc(CC)c(F)c(F)c4c3F)cc2)CC1. The summed E-state index contributed by atoms with van der Waals surface area (Å²) in [5.74, 6) is -1.42. The summed E-state index contributed by atoms with van der Waals surface area (Å²) >= 11 is 0. The van der Waals surface area contributed by atoms with Gasteiger partial charge in [-0.15, -0.1) is 6.58 Å². The van der Waals surface area contributed by atoms with Gasteiger partial charge in [0.15, 0.2) is 11.6 Å². The van der Waals surface area contributed by atoms with Crippen molar-refractivity contribution in [1.29, 1.82) is 0 Å². The van der Waals surface area contributed by atoms with Crippen LogP contribution in [0, 0.1) is 23.4 Å². The second-order valence-electron chi connectivity index (χ2n) is 8.75. The highest BCUT2D eigenvalue weighted by Crippen LogP contribution is 2.39. The minimum atomic E-state index is -1.10. The van der Waals surface area contributed by atoms with Gasteiger partial charge in [-0.3, -0.25) is 0 Å². The molecule has 0 saturated heterocycles. The van der Waals surface area contributed by atoms with Crippen molar-refractivity contribution >= 4 is 10.8 Å². The van der Waals surface area contributed by atoms with Gasteiger partial charge in [0.1, 0.15) is 5.82 Å². The average molecular weight is 423 g/mol. The van der Waals surface area contributed by atoms with E-state index < -0.39 is 17.5 Å². The van der Waals surface area contributed by atoms with Crippen LogP contribution in [0.25, 0.3) is 21.9 Å². The van der Waals surface area contributed by atoms with Gasteiger partial charge >= 0.3 is 0 Å². The van der Waals surface area contributed by atoms with Crippen molar-refractivity contribution in [3.05, 3.63) is 83.7 Å². The lowest BCUT2D eigenvalue weighted by Crippen LogP contribution is -2.13. The summed E-state index contributed by atoms with van der Waals surface area (Å²) in [6, 6.07) is 12.8. The Morgan fingerprint density at radius 1 is 0.903 bits per heavy atom. The van der Waals surface area contributed by atoms with Gasteiger partial charge < -0.3 is 0 Å². The summed E-state index contributed by atoms with van der Waals surface area (Å²) in [7, 11) is 0. The van der Waals surface area contributed by atoms with Crippen molar-refractivity contribution < 1.29 is 13.2 Å². The molecule has 3 aromatic carbocycles. The lowest BCUT2D eigenvalue weighted by atomic mass is 9.77. The molecule has 1 saturated carbocycles. The highest BCUT2D eigenvalue weighted by molar-refractivity contribution is 5.89. The zero-order valence-electron chi connectivity index (χ0n) is 18.1. The normalized spacial score (nSPS) is 19.0. The Morgan fingerprint density at radius 2 is 1.61 bits per heavy atom. The predicted molar refractivity (Wildman–Crippen MR) is 123 cm³/mol. The molecule has 0 nitrogen and oxygen atoms in total. The van der Waals surface area contributed by atoms with Crippen LogP contribution in [0.5, 0.6) is 0 Å². The monoisotopic (exact) mass is 422 g/mol. The molecule has 0 atom stereocenters. The van der Waals surface area contributed by atoms with Crippen molar-refractivity contribution in [1.82, 2.24) is 0 Å². The van der Waals surface area contributed by atoms with Gasteiger partial charge in [-0.2, -0.15) is 0 Å². The first-order chi connectivity index (χ1) is 15.0. The first-order valence-electron chi connectivity index (χ1n) is 11.3. The molecule has 1 fully saturated rings. The fraction of sp³-hybridized carbons (Fsp3) is 0.357. The third-order valence-electron chi connectivity index (χ3n) is 6.90. The van der Waals surface area contributed by atoms with Gasteiger partial charge in [0, 0.05) is 5.56 Å². The van der Waals surface area contributed by atoms with Crippen LogP contribution in [0.15, 0.2) is 55.1 Å². The van der Waals surface area contributed by atoms with Gasteiger partial charge in [0.05, 0.1) is 5.39 Å². The number of allylic oxidation sites excluding steroid dienone is 1. The summed E-state index contributed by atoms with van der Waals surface area (Å²) in [5.41, 5.74) is 2.52. The molecule has 0 amide bonds. The lowest BCUT2D eigenvalue weighted by Gasteiger charge is -2.28. The Kier molecular flexibility index (Phi) is 6.50. The van der Waals surface area contributed by atoms with Crippen LogP contribution in [0.4, 0.5) is 13.2 Å². The molecule has 0 heterocycles. The zero-order valence-corrected chi connectivity index (χ0v) is 18.1. The number of hydrogen-bond donors (Lipinski definition) is 0. The second kappa shape index (κ2) is 9.30. The molecule has 0 N–H and O–H groups in total. The third kappa shape index (κ3) is 4.28. The van der Waals surface area contributed by atoms with Gasteiger partial charge in [-0.1, -0.05) is 49.4 Å². The number of hydrogen-bond acceptors (Lipinski definition) is 0. The molecule has 0 aliphatic heterocycles. The maximum atomic E-state index is 15.2. The first-order valence-corrected chi connectivity index (χ1v) is 11.3. The van der Waals surface area contributed by atoms with Gasteiger partial charge in [0.2, 0.25) is 0 Å². The predicted octanol–water partition coefficient (Wildman–Crippen LogP) is 8.73. The molecule has 0 spiro atoms. The molecular weight excluding hydrogens is 393 g/mol. The highest BCUT2D eigenvalue weighted by atomic mass is 19.2. The maximum absolute atomic E-state index is 15.2. The molecule has 162 valence electrons. The van der Waals surface area contributed by atoms with E-state index in [1.807, 2.05) is 18.2 Å². The van der Waals surface area contributed by atoms with E-state index in [1.165, 1.54) is 43.7 Å². The number of fused-ring (bicyclic) bond motifs is 1. The first kappa shape index (κ1) is 21.7. The third-order valence-corrected chi connectivity index (χ3v) is 6.90. The van der Waals surface area contributed by atoms with Crippen molar-refractivity contribution in [2.75, 3.05) is 0 Å². The standard InChI is InChI=1S/C28H29F3/c1-3-5-6-18-7-9-20(10-8-18)21-11-13-22(14-12-21)24-16-15-23-17-19(4-2)26(29)28(31)25(23)27(24)30/h3,11-18,20H,1,4-10H2,2H3. The van der Waals surface area contributed by atoms with Crippen molar-refractivity contribution in [3.63, 3.8) is 0 Å². The molecule has 1 aliphatic carbocycles. The van der Waals surface area contributed by atoms with E-state index >= 15 is 4.39 Å². The summed E-state index contributed by atoms with van der Waals surface area (Å²) in [5, 5.41) is 0.121. The van der Waals surface area contributed by atoms with E-state index in [1.54, 1.807) is 19.1 Å². The van der Waals surface area contributed by atoms with Crippen molar-refractivity contribution in [2.45, 2.75) is 57.8 Å². The van der Waals surface area contributed by atoms with Gasteiger partial charge in [-0.05, 0) is 84.9 Å². The van der Waals surface area contributed by atoms with Gasteiger partial charge in [-0.25, -0.2) is 13.2 Å². The quantitative estimate of drug-likeness (QED) is 0.348. The van der Waals surface area contributed by atoms with Gasteiger partial charge in [0.25, 0.3) is 0 Å². The molecule has 3 heteroatoms. The molecule has 0 unspecified atom stereocenters. The average Bonchev–Trinajstić information content (AvgIpc) is 2.80. The van der Waals surface area contributed by atoms with Crippen LogP contribution < -0.4 is 0 Å². The summed E-state index contributed by atoms with van der Waals surface area (Å²) in [6.07, 6.45) is 9.51. The van der Waals surface area contributed by atoms with Crippen LogP contribution in [0.3, 0.4) is 0 Å². The van der Waals surface area contributed by atoms with Crippen LogP contribution >= 0.6 is 0 Å². The van der Waals surface area contributed by atoms with E-state index in [9.17, 15) is 8.78 Å². The van der Waals surface area contributed by atoms with Crippen LogP contribution in [0.1, 0.15) is 62.5 Å². The Balaban J connectivity index is 1.57. The van der Waals surface area contributed by atoms with Crippen molar-refractivity contribution in [2.24, 2.45) is 5.92 Å². The smallest absolute Gasteiger partial charge is 0.169 e. The summed E-state index contributed by atoms with van der Waals surface area (Å²) in [6.45, 7) is 5.57. The largest absolute Gasteiger partial charge is 0.206 e. The van der Waals surface area contributed by atoms with Crippen molar-refractivity contribution in [3.8, 4) is 11.1 Å².